The van der Waals surface area contributed by atoms with Crippen LogP contribution in [0.1, 0.15) is 18.1 Å². The van der Waals surface area contributed by atoms with Crippen molar-refractivity contribution in [3.05, 3.63) is 71.8 Å². The molecule has 1 aliphatic heterocycles. The minimum Gasteiger partial charge on any atom is -0.357 e. The van der Waals surface area contributed by atoms with Crippen molar-refractivity contribution in [3.8, 4) is 0 Å². The van der Waals surface area contributed by atoms with Gasteiger partial charge in [-0.25, -0.2) is 0 Å². The predicted octanol–water partition coefficient (Wildman–Crippen LogP) is 2.80. The lowest BCUT2D eigenvalue weighted by molar-refractivity contribution is 0.427. The van der Waals surface area contributed by atoms with E-state index in [0.717, 1.165) is 0 Å². The van der Waals surface area contributed by atoms with Crippen LogP contribution >= 0.6 is 12.2 Å². The molecule has 1 aliphatic rings. The fourth-order valence-electron chi connectivity index (χ4n) is 2.84. The summed E-state index contributed by atoms with van der Waals surface area (Å²) in [6.07, 6.45) is 0. The lowest BCUT2D eigenvalue weighted by Gasteiger charge is -2.34. The number of thiocarbonyl (C=S) groups is 1. The Labute approximate surface area is 118 Å². The first-order valence-electron chi connectivity index (χ1n) is 6.43. The number of benzene rings is 2. The van der Waals surface area contributed by atoms with Gasteiger partial charge in [-0.1, -0.05) is 60.7 Å². The summed E-state index contributed by atoms with van der Waals surface area (Å²) in [6, 6.07) is 21.1. The molecular weight excluding hydrogens is 252 g/mol. The molecule has 0 bridgehead atoms. The second kappa shape index (κ2) is 4.67. The Morgan fingerprint density at radius 2 is 1.37 bits per heavy atom. The smallest absolute Gasteiger partial charge is 0.167 e. The van der Waals surface area contributed by atoms with Gasteiger partial charge in [-0.15, -0.1) is 0 Å². The Balaban J connectivity index is 2.20. The van der Waals surface area contributed by atoms with Crippen LogP contribution < -0.4 is 10.6 Å². The van der Waals surface area contributed by atoms with Crippen LogP contribution in [-0.4, -0.2) is 11.2 Å². The minimum atomic E-state index is -0.292. The van der Waals surface area contributed by atoms with Crippen molar-refractivity contribution in [2.75, 3.05) is 0 Å². The molecule has 2 aromatic carbocycles. The maximum atomic E-state index is 5.32. The highest BCUT2D eigenvalue weighted by atomic mass is 32.1. The Bertz CT molecular complexity index is 541. The van der Waals surface area contributed by atoms with Crippen molar-refractivity contribution in [3.63, 3.8) is 0 Å². The van der Waals surface area contributed by atoms with Crippen LogP contribution in [0.4, 0.5) is 0 Å². The molecule has 2 nitrogen and oxygen atoms in total. The molecule has 0 aromatic heterocycles. The molecular formula is C16H16N2S. The molecule has 1 unspecified atom stereocenters. The first-order valence-corrected chi connectivity index (χ1v) is 6.84. The van der Waals surface area contributed by atoms with Crippen LogP contribution in [0.2, 0.25) is 0 Å². The zero-order valence-corrected chi connectivity index (χ0v) is 11.6. The first-order chi connectivity index (χ1) is 9.23. The summed E-state index contributed by atoms with van der Waals surface area (Å²) < 4.78 is 0. The van der Waals surface area contributed by atoms with Gasteiger partial charge in [-0.05, 0) is 30.3 Å². The van der Waals surface area contributed by atoms with E-state index in [1.165, 1.54) is 11.1 Å². The summed E-state index contributed by atoms with van der Waals surface area (Å²) in [7, 11) is 0. The lowest BCUT2D eigenvalue weighted by atomic mass is 9.78. The Kier molecular flexibility index (Phi) is 2.99. The van der Waals surface area contributed by atoms with Gasteiger partial charge in [0.2, 0.25) is 0 Å². The highest BCUT2D eigenvalue weighted by Crippen LogP contribution is 2.35. The molecule has 3 heteroatoms. The topological polar surface area (TPSA) is 24.1 Å². The molecule has 0 aliphatic carbocycles. The van der Waals surface area contributed by atoms with Gasteiger partial charge in [0, 0.05) is 0 Å². The van der Waals surface area contributed by atoms with E-state index in [1.807, 2.05) is 12.1 Å². The molecule has 1 heterocycles. The third-order valence-electron chi connectivity index (χ3n) is 3.77. The normalized spacial score (nSPS) is 20.7. The lowest BCUT2D eigenvalue weighted by Crippen LogP contribution is -2.46. The van der Waals surface area contributed by atoms with Crippen molar-refractivity contribution in [1.82, 2.24) is 10.6 Å². The highest BCUT2D eigenvalue weighted by molar-refractivity contribution is 7.80. The van der Waals surface area contributed by atoms with Crippen LogP contribution in [0.5, 0.6) is 0 Å². The number of nitrogens with one attached hydrogen (secondary N) is 2. The largest absolute Gasteiger partial charge is 0.357 e. The average molecular weight is 268 g/mol. The second-order valence-corrected chi connectivity index (χ2v) is 5.27. The quantitative estimate of drug-likeness (QED) is 0.819. The average Bonchev–Trinajstić information content (AvgIpc) is 2.76. The predicted molar refractivity (Wildman–Crippen MR) is 82.0 cm³/mol. The molecule has 0 spiro atoms. The van der Waals surface area contributed by atoms with Crippen LogP contribution in [0, 0.1) is 0 Å². The van der Waals surface area contributed by atoms with E-state index in [-0.39, 0.29) is 11.6 Å². The van der Waals surface area contributed by atoms with Gasteiger partial charge in [0.15, 0.2) is 5.11 Å². The molecule has 1 atom stereocenters. The van der Waals surface area contributed by atoms with Gasteiger partial charge < -0.3 is 10.6 Å². The molecule has 1 saturated heterocycles. The van der Waals surface area contributed by atoms with Gasteiger partial charge >= 0.3 is 0 Å². The standard InChI is InChI=1S/C16H16N2S/c1-12-16(18-15(19)17-12,13-8-4-2-5-9-13)14-10-6-3-7-11-14/h2-12H,1H3,(H2,17,18,19). The molecule has 0 amide bonds. The number of hydrogen-bond acceptors (Lipinski definition) is 1. The summed E-state index contributed by atoms with van der Waals surface area (Å²) in [4.78, 5) is 0. The summed E-state index contributed by atoms with van der Waals surface area (Å²) in [5.41, 5.74) is 2.15. The zero-order valence-electron chi connectivity index (χ0n) is 10.8. The van der Waals surface area contributed by atoms with Crippen LogP contribution in [-0.2, 0) is 5.54 Å². The van der Waals surface area contributed by atoms with Crippen molar-refractivity contribution < 1.29 is 0 Å². The maximum absolute atomic E-state index is 5.32. The molecule has 2 aromatic rings. The van der Waals surface area contributed by atoms with Crippen LogP contribution in [0.25, 0.3) is 0 Å². The zero-order chi connectivity index (χ0) is 13.3. The number of hydrogen-bond donors (Lipinski definition) is 2. The van der Waals surface area contributed by atoms with Gasteiger partial charge in [-0.2, -0.15) is 0 Å². The molecule has 96 valence electrons. The monoisotopic (exact) mass is 268 g/mol. The summed E-state index contributed by atoms with van der Waals surface area (Å²) in [5.74, 6) is 0. The summed E-state index contributed by atoms with van der Waals surface area (Å²) >= 11 is 5.32. The third kappa shape index (κ3) is 1.90. The van der Waals surface area contributed by atoms with E-state index < -0.39 is 0 Å². The Hall–Kier alpha value is -1.87. The van der Waals surface area contributed by atoms with Gasteiger partial charge in [-0.3, -0.25) is 0 Å². The first kappa shape index (κ1) is 12.2. The maximum Gasteiger partial charge on any atom is 0.167 e. The fraction of sp³-hybridized carbons (Fsp3) is 0.188. The fourth-order valence-corrected chi connectivity index (χ4v) is 3.18. The van der Waals surface area contributed by atoms with E-state index in [2.05, 4.69) is 66.1 Å². The minimum absolute atomic E-state index is 0.199. The molecule has 0 saturated carbocycles. The van der Waals surface area contributed by atoms with E-state index in [0.29, 0.717) is 5.11 Å². The molecule has 0 radical (unpaired) electrons. The van der Waals surface area contributed by atoms with E-state index >= 15 is 0 Å². The van der Waals surface area contributed by atoms with E-state index in [1.54, 1.807) is 0 Å². The number of rotatable bonds is 2. The molecule has 2 N–H and O–H groups in total. The Morgan fingerprint density at radius 3 is 1.74 bits per heavy atom. The second-order valence-electron chi connectivity index (χ2n) is 4.86. The van der Waals surface area contributed by atoms with Crippen molar-refractivity contribution in [2.24, 2.45) is 0 Å². The summed E-state index contributed by atoms with van der Waals surface area (Å²) in [5, 5.41) is 7.50. The van der Waals surface area contributed by atoms with E-state index in [9.17, 15) is 0 Å². The third-order valence-corrected chi connectivity index (χ3v) is 3.99. The summed E-state index contributed by atoms with van der Waals surface area (Å²) in [6.45, 7) is 2.16. The van der Waals surface area contributed by atoms with Crippen molar-refractivity contribution in [1.29, 1.82) is 0 Å². The van der Waals surface area contributed by atoms with Crippen LogP contribution in [0.3, 0.4) is 0 Å². The molecule has 19 heavy (non-hydrogen) atoms. The van der Waals surface area contributed by atoms with E-state index in [4.69, 9.17) is 12.2 Å². The molecule has 3 rings (SSSR count). The van der Waals surface area contributed by atoms with Gasteiger partial charge in [0.05, 0.1) is 6.04 Å². The molecule has 1 fully saturated rings. The SMILES string of the molecule is CC1NC(=S)NC1(c1ccccc1)c1ccccc1. The van der Waals surface area contributed by atoms with Crippen molar-refractivity contribution >= 4 is 17.3 Å². The highest BCUT2D eigenvalue weighted by Gasteiger charge is 2.45. The Morgan fingerprint density at radius 1 is 0.895 bits per heavy atom. The van der Waals surface area contributed by atoms with Crippen molar-refractivity contribution in [2.45, 2.75) is 18.5 Å². The van der Waals surface area contributed by atoms with Crippen LogP contribution in [0.15, 0.2) is 60.7 Å². The van der Waals surface area contributed by atoms with Gasteiger partial charge in [0.1, 0.15) is 5.54 Å². The van der Waals surface area contributed by atoms with Gasteiger partial charge in [0.25, 0.3) is 0 Å².